The predicted octanol–water partition coefficient (Wildman–Crippen LogP) is 11.0. The molecule has 0 bridgehead atoms. The van der Waals surface area contributed by atoms with Crippen molar-refractivity contribution < 1.29 is 22.7 Å². The van der Waals surface area contributed by atoms with E-state index in [1.165, 1.54) is 52.6 Å². The number of hydrogen-bond donors (Lipinski definition) is 0. The Morgan fingerprint density at radius 1 is 0.745 bits per heavy atom. The number of nitrogens with zero attached hydrogens (tertiary/aromatic N) is 3. The minimum absolute atomic E-state index is 0.584. The van der Waals surface area contributed by atoms with Crippen LogP contribution in [-0.4, -0.2) is 28.2 Å². The fraction of sp³-hybridized carbons (Fsp3) is 0.128. The molecule has 1 fully saturated rings. The van der Waals surface area contributed by atoms with E-state index in [-0.39, 0.29) is 0 Å². The second-order valence-corrected chi connectivity index (χ2v) is 19.4. The van der Waals surface area contributed by atoms with E-state index in [1.807, 2.05) is 36.3 Å². The number of thiophene rings is 2. The van der Waals surface area contributed by atoms with Crippen LogP contribution in [0.3, 0.4) is 0 Å². The van der Waals surface area contributed by atoms with E-state index in [1.54, 1.807) is 16.1 Å². The van der Waals surface area contributed by atoms with Crippen molar-refractivity contribution in [3.8, 4) is 25.3 Å². The standard InChI is InChI=1S/C47H40N3OPS2.Os/c1-5-16-34-31-51-32-35(34)30-42(33(3)52(36-18-10-7-11-19-36,37-20-12-8-13-21-37)38-22-14-9-15-23-38)45-29-28-44(54-45)41-26-25-40(46-47(41)49-50(4)48-46)43-27-24-39(53-43)17-6-2;/h6-30H,5,31-32H2,1-2,4H3;/q+1;/b17-6+,34-16?,35-30?,42-33?;. The molecule has 0 atom stereocenters. The van der Waals surface area contributed by atoms with Crippen LogP contribution in [0.15, 0.2) is 162 Å². The van der Waals surface area contributed by atoms with Crippen LogP contribution in [0.25, 0.3) is 43.6 Å². The third-order valence-electron chi connectivity index (χ3n) is 9.80. The van der Waals surface area contributed by atoms with Crippen molar-refractivity contribution in [2.24, 2.45) is 7.05 Å². The van der Waals surface area contributed by atoms with Crippen molar-refractivity contribution in [2.45, 2.75) is 20.3 Å². The summed E-state index contributed by atoms with van der Waals surface area (Å²) in [5.41, 5.74) is 7.68. The zero-order chi connectivity index (χ0) is 37.8. The number of rotatable bonds is 10. The summed E-state index contributed by atoms with van der Waals surface area (Å²) in [6, 6.07) is 46.6. The van der Waals surface area contributed by atoms with E-state index in [4.69, 9.17) is 14.9 Å². The van der Waals surface area contributed by atoms with Gasteiger partial charge in [0.05, 0.1) is 0 Å². The Morgan fingerprint density at radius 2 is 1.29 bits per heavy atom. The van der Waals surface area contributed by atoms with Crippen LogP contribution in [0.5, 0.6) is 0 Å². The fourth-order valence-corrected chi connectivity index (χ4v) is 15.4. The zero-order valence-electron chi connectivity index (χ0n) is 30.9. The third-order valence-corrected chi connectivity index (χ3v) is 17.4. The van der Waals surface area contributed by atoms with Crippen LogP contribution in [0.4, 0.5) is 0 Å². The number of allylic oxidation sites excluding steroid dienone is 5. The topological polar surface area (TPSA) is 39.9 Å². The second kappa shape index (κ2) is 16.7. The van der Waals surface area contributed by atoms with Crippen molar-refractivity contribution in [3.63, 3.8) is 0 Å². The van der Waals surface area contributed by atoms with Gasteiger partial charge in [0.15, 0.2) is 0 Å². The van der Waals surface area contributed by atoms with Crippen LogP contribution < -0.4 is 15.9 Å². The van der Waals surface area contributed by atoms with Gasteiger partial charge in [0.1, 0.15) is 0 Å². The van der Waals surface area contributed by atoms with E-state index in [9.17, 15) is 0 Å². The van der Waals surface area contributed by atoms with E-state index in [2.05, 4.69) is 170 Å². The summed E-state index contributed by atoms with van der Waals surface area (Å²) in [6.45, 7) is 5.46. The Bertz CT molecular complexity index is 2550. The van der Waals surface area contributed by atoms with Gasteiger partial charge in [-0.05, 0) is 19.1 Å². The van der Waals surface area contributed by atoms with Gasteiger partial charge < -0.3 is 0 Å². The molecule has 8 heteroatoms. The molecule has 3 aromatic heterocycles. The van der Waals surface area contributed by atoms with Gasteiger partial charge in [-0.1, -0.05) is 6.08 Å². The van der Waals surface area contributed by atoms with Crippen LogP contribution in [0.1, 0.15) is 30.0 Å². The van der Waals surface area contributed by atoms with Gasteiger partial charge in [0.2, 0.25) is 0 Å². The molecule has 1 aliphatic heterocycles. The Balaban J connectivity index is 1.39. The summed E-state index contributed by atoms with van der Waals surface area (Å²) in [5, 5.41) is 14.9. The van der Waals surface area contributed by atoms with Crippen LogP contribution >= 0.6 is 29.9 Å². The molecule has 1 saturated heterocycles. The molecule has 4 nitrogen and oxygen atoms in total. The van der Waals surface area contributed by atoms with E-state index >= 15 is 0 Å². The average molecular weight is 948 g/mol. The Morgan fingerprint density at radius 3 is 1.84 bits per heavy atom. The fourth-order valence-electron chi connectivity index (χ4n) is 7.40. The third kappa shape index (κ3) is 7.19. The molecule has 0 N–H and O–H groups in total. The van der Waals surface area contributed by atoms with Gasteiger partial charge in [-0.15, -0.1) is 0 Å². The Kier molecular flexibility index (Phi) is 11.3. The van der Waals surface area contributed by atoms with Gasteiger partial charge in [-0.2, -0.15) is 0 Å². The summed E-state index contributed by atoms with van der Waals surface area (Å²) in [4.78, 5) is 6.44. The maximum atomic E-state index is 6.11. The maximum absolute atomic E-state index is 6.11. The SMILES string of the molecule is C/C=C/c1ccc(-c2ccc(-c3ccc(C(C=C4COCC4=CCC)=C([C]#[Os])[P+](c4ccccc4)(c4ccccc4)c4ccccc4)s3)c3nn(C)nc23)s1. The van der Waals surface area contributed by atoms with Crippen LogP contribution in [-0.2, 0) is 29.7 Å². The number of fused-ring (bicyclic) bond motifs is 1. The normalized spacial score (nSPS) is 15.3. The van der Waals surface area contributed by atoms with Gasteiger partial charge in [0, 0.05) is 4.88 Å². The molecule has 0 unspecified atom stereocenters. The quantitative estimate of drug-likeness (QED) is 0.128. The number of aryl methyl sites for hydroxylation is 1. The number of ether oxygens (including phenoxy) is 1. The van der Waals surface area contributed by atoms with Crippen molar-refractivity contribution >= 4 is 68.5 Å². The predicted molar refractivity (Wildman–Crippen MR) is 233 cm³/mol. The summed E-state index contributed by atoms with van der Waals surface area (Å²) in [6.07, 6.45) is 9.90. The van der Waals surface area contributed by atoms with Crippen LogP contribution in [0, 0.1) is 4.37 Å². The van der Waals surface area contributed by atoms with Crippen molar-refractivity contribution in [2.75, 3.05) is 13.2 Å². The molecule has 273 valence electrons. The summed E-state index contributed by atoms with van der Waals surface area (Å²) in [7, 11) is -0.563. The summed E-state index contributed by atoms with van der Waals surface area (Å²) >= 11 is 5.41. The molecule has 7 aromatic rings. The number of aromatic nitrogens is 3. The summed E-state index contributed by atoms with van der Waals surface area (Å²) in [5.74, 6) is 0. The molecule has 55 heavy (non-hydrogen) atoms. The molecule has 1 aliphatic rings. The average Bonchev–Trinajstić information content (AvgIpc) is 4.05. The first-order valence-corrected chi connectivity index (χ1v) is 23.1. The van der Waals surface area contributed by atoms with Crippen LogP contribution in [0.2, 0.25) is 0 Å². The first-order chi connectivity index (χ1) is 27.0. The van der Waals surface area contributed by atoms with Gasteiger partial charge in [-0.3, -0.25) is 0 Å². The molecule has 0 radical (unpaired) electrons. The molecular weight excluding hydrogens is 908 g/mol. The molecule has 0 saturated carbocycles. The molecule has 0 spiro atoms. The minimum atomic E-state index is -2.47. The van der Waals surface area contributed by atoms with E-state index in [0.29, 0.717) is 13.2 Å². The molecule has 4 aromatic carbocycles. The van der Waals surface area contributed by atoms with Gasteiger partial charge in [0.25, 0.3) is 0 Å². The Labute approximate surface area is 341 Å². The molecule has 0 aliphatic carbocycles. The summed E-state index contributed by atoms with van der Waals surface area (Å²) < 4.78 is 10.0. The van der Waals surface area contributed by atoms with E-state index < -0.39 is 7.26 Å². The Hall–Kier alpha value is -4.55. The zero-order valence-corrected chi connectivity index (χ0v) is 36.0. The van der Waals surface area contributed by atoms with Crippen molar-refractivity contribution in [1.82, 2.24) is 15.0 Å². The van der Waals surface area contributed by atoms with Crippen molar-refractivity contribution in [3.05, 3.63) is 172 Å². The first-order valence-electron chi connectivity index (χ1n) is 18.4. The number of benzene rings is 4. The first kappa shape index (κ1) is 37.4. The monoisotopic (exact) mass is 949 g/mol. The van der Waals surface area contributed by atoms with Gasteiger partial charge in [-0.25, -0.2) is 0 Å². The van der Waals surface area contributed by atoms with Crippen molar-refractivity contribution in [1.29, 1.82) is 0 Å². The second-order valence-electron chi connectivity index (χ2n) is 13.2. The molecule has 0 amide bonds. The molecule has 8 rings (SSSR count). The van der Waals surface area contributed by atoms with Gasteiger partial charge >= 0.3 is 314 Å². The van der Waals surface area contributed by atoms with E-state index in [0.717, 1.165) is 33.5 Å². The molecular formula is C47H40N3OOsPS2+. The molecule has 4 heterocycles. The number of hydrogen-bond acceptors (Lipinski definition) is 5.